The van der Waals surface area contributed by atoms with Gasteiger partial charge in [0, 0.05) is 112 Å². The Hall–Kier alpha value is -2.91. The Morgan fingerprint density at radius 1 is 0.379 bits per heavy atom. The van der Waals surface area contributed by atoms with Crippen molar-refractivity contribution in [3.8, 4) is 0 Å². The normalized spacial score (nSPS) is 12.2. The van der Waals surface area contributed by atoms with Gasteiger partial charge in [-0.1, -0.05) is 18.2 Å². The number of amides is 9. The van der Waals surface area contributed by atoms with E-state index in [0.717, 1.165) is 20.8 Å². The molecule has 1 heterocycles. The quantitative estimate of drug-likeness (QED) is 0.0392. The average molecular weight is 2210 g/mol. The minimum atomic E-state index is -0.780. The van der Waals surface area contributed by atoms with Crippen molar-refractivity contribution in [1.29, 1.82) is 0 Å². The van der Waals surface area contributed by atoms with Crippen LogP contribution in [-0.4, -0.2) is 200 Å². The SMILES string of the molecule is C=CCN(C)C(=O)c1c(I)c(NC(=O)COC(C)=O)c(I)c(C(=O)N2CCN(C(=O)c3c(I)c(NC(=O)COC(C)=O)c(I)c(C(=O)N(C)CC=C)c3I)CCN(C(=O)c3c(I)c(NC(=O)COC(C)=O)c(I)c(C(=O)N(C)CC=C)c3I)CC2)c1I. The highest BCUT2D eigenvalue weighted by Crippen LogP contribution is 2.41. The smallest absolute Gasteiger partial charge is 0.303 e. The fraction of sp³-hybridized carbons (Fsp3) is 0.333. The predicted molar refractivity (Wildman–Crippen MR) is 399 cm³/mol. The summed E-state index contributed by atoms with van der Waals surface area (Å²) in [5.41, 5.74) is 0.128. The second kappa shape index (κ2) is 35.2. The highest BCUT2D eigenvalue weighted by molar-refractivity contribution is 14.1. The number of benzene rings is 3. The van der Waals surface area contributed by atoms with Crippen LogP contribution in [0.3, 0.4) is 0 Å². The van der Waals surface area contributed by atoms with Gasteiger partial charge in [0.15, 0.2) is 19.8 Å². The van der Waals surface area contributed by atoms with Gasteiger partial charge in [0.1, 0.15) is 0 Å². The number of rotatable bonds is 21. The van der Waals surface area contributed by atoms with Crippen molar-refractivity contribution >= 4 is 291 Å². The van der Waals surface area contributed by atoms with E-state index in [1.807, 2.05) is 203 Å². The van der Waals surface area contributed by atoms with Gasteiger partial charge in [-0.2, -0.15) is 0 Å². The molecule has 24 nitrogen and oxygen atoms in total. The van der Waals surface area contributed by atoms with Crippen molar-refractivity contribution < 1.29 is 71.7 Å². The van der Waals surface area contributed by atoms with Crippen molar-refractivity contribution in [3.63, 3.8) is 0 Å². The number of carbonyl (C=O) groups is 12. The van der Waals surface area contributed by atoms with E-state index < -0.39 is 90.9 Å². The molecular formula is C54H54I9N9O15. The maximum atomic E-state index is 15.7. The predicted octanol–water partition coefficient (Wildman–Crippen LogP) is 8.15. The molecule has 1 aliphatic heterocycles. The van der Waals surface area contributed by atoms with Crippen molar-refractivity contribution in [1.82, 2.24) is 29.4 Å². The van der Waals surface area contributed by atoms with Crippen LogP contribution in [0.2, 0.25) is 0 Å². The van der Waals surface area contributed by atoms with Crippen LogP contribution in [-0.2, 0) is 43.0 Å². The van der Waals surface area contributed by atoms with Crippen LogP contribution in [0.15, 0.2) is 38.0 Å². The summed E-state index contributed by atoms with van der Waals surface area (Å²) in [4.78, 5) is 174. The molecule has 0 saturated carbocycles. The van der Waals surface area contributed by atoms with Crippen LogP contribution in [0.5, 0.6) is 0 Å². The molecule has 9 amide bonds. The van der Waals surface area contributed by atoms with Crippen LogP contribution in [0, 0.1) is 32.1 Å². The van der Waals surface area contributed by atoms with E-state index >= 15 is 14.4 Å². The summed E-state index contributed by atoms with van der Waals surface area (Å²) in [6.45, 7) is 11.4. The average Bonchev–Trinajstić information content (AvgIpc) is 1.14. The second-order valence-electron chi connectivity index (χ2n) is 18.5. The third kappa shape index (κ3) is 19.3. The van der Waals surface area contributed by atoms with Crippen molar-refractivity contribution in [2.75, 3.05) is 116 Å². The van der Waals surface area contributed by atoms with E-state index in [1.165, 1.54) is 68.8 Å². The Kier molecular flexibility index (Phi) is 31.0. The summed E-state index contributed by atoms with van der Waals surface area (Å²) in [5.74, 6) is -8.29. The van der Waals surface area contributed by atoms with Crippen LogP contribution < -0.4 is 16.0 Å². The Labute approximate surface area is 623 Å². The molecule has 1 aliphatic rings. The number of likely N-dealkylation sites (N-methyl/N-ethyl adjacent to an activating group) is 3. The lowest BCUT2D eigenvalue weighted by molar-refractivity contribution is -0.145. The van der Waals surface area contributed by atoms with Gasteiger partial charge in [0.05, 0.1) is 71.9 Å². The van der Waals surface area contributed by atoms with Gasteiger partial charge in [-0.15, -0.1) is 19.7 Å². The lowest BCUT2D eigenvalue weighted by atomic mass is 10.1. The molecule has 3 N–H and O–H groups in total. The molecule has 33 heteroatoms. The van der Waals surface area contributed by atoms with E-state index in [1.54, 1.807) is 0 Å². The topological polar surface area (TPSA) is 288 Å². The van der Waals surface area contributed by atoms with Crippen molar-refractivity contribution in [2.24, 2.45) is 0 Å². The molecule has 3 aromatic rings. The Morgan fingerprint density at radius 3 is 0.759 bits per heavy atom. The van der Waals surface area contributed by atoms with E-state index in [4.69, 9.17) is 14.2 Å². The van der Waals surface area contributed by atoms with Crippen molar-refractivity contribution in [3.05, 3.63) is 103 Å². The molecule has 0 spiro atoms. The number of nitrogens with one attached hydrogen (secondary N) is 3. The van der Waals surface area contributed by atoms with Crippen LogP contribution in [0.25, 0.3) is 0 Å². The van der Waals surface area contributed by atoms with Gasteiger partial charge < -0.3 is 59.6 Å². The van der Waals surface area contributed by atoms with Gasteiger partial charge in [-0.3, -0.25) is 57.5 Å². The number of anilines is 3. The molecule has 0 radical (unpaired) electrons. The summed E-state index contributed by atoms with van der Waals surface area (Å²) in [5, 5.41) is 8.13. The third-order valence-corrected chi connectivity index (χ3v) is 22.0. The largest absolute Gasteiger partial charge is 0.456 e. The number of nitrogens with zero attached hydrogens (tertiary/aromatic N) is 6. The van der Waals surface area contributed by atoms with Gasteiger partial charge >= 0.3 is 17.9 Å². The molecule has 468 valence electrons. The Balaban J connectivity index is 2.11. The summed E-state index contributed by atoms with van der Waals surface area (Å²) in [7, 11) is 4.57. The lowest BCUT2D eigenvalue weighted by Crippen LogP contribution is -2.43. The number of hydrogen-bond donors (Lipinski definition) is 3. The van der Waals surface area contributed by atoms with Gasteiger partial charge in [-0.05, 0) is 203 Å². The molecule has 3 aromatic carbocycles. The fourth-order valence-electron chi connectivity index (χ4n) is 8.02. The summed E-state index contributed by atoms with van der Waals surface area (Å²) >= 11 is 17.0. The zero-order chi connectivity index (χ0) is 65.6. The second-order valence-corrected chi connectivity index (χ2v) is 28.2. The monoisotopic (exact) mass is 2210 g/mol. The van der Waals surface area contributed by atoms with Gasteiger partial charge in [0.2, 0.25) is 0 Å². The number of halogens is 9. The first kappa shape index (κ1) is 76.5. The Morgan fingerprint density at radius 2 is 0.575 bits per heavy atom. The molecule has 0 bridgehead atoms. The number of esters is 3. The van der Waals surface area contributed by atoms with Gasteiger partial charge in [-0.25, -0.2) is 0 Å². The first-order chi connectivity index (χ1) is 40.8. The molecule has 0 aromatic heterocycles. The summed E-state index contributed by atoms with van der Waals surface area (Å²) in [6.07, 6.45) is 4.51. The minimum absolute atomic E-state index is 0.0374. The van der Waals surface area contributed by atoms with E-state index in [-0.39, 0.29) is 141 Å². The lowest BCUT2D eigenvalue weighted by Gasteiger charge is -2.29. The Bertz CT molecular complexity index is 3040. The molecular weight excluding hydrogens is 2160 g/mol. The molecule has 87 heavy (non-hydrogen) atoms. The van der Waals surface area contributed by atoms with Crippen LogP contribution in [0.4, 0.5) is 17.1 Å². The van der Waals surface area contributed by atoms with Crippen LogP contribution in [0.1, 0.15) is 82.9 Å². The number of carbonyl (C=O) groups excluding carboxylic acids is 12. The minimum Gasteiger partial charge on any atom is -0.456 e. The molecule has 0 aliphatic carbocycles. The zero-order valence-corrected chi connectivity index (χ0v) is 66.5. The fourth-order valence-corrected chi connectivity index (χ4v) is 21.1. The van der Waals surface area contributed by atoms with E-state index in [9.17, 15) is 43.2 Å². The summed E-state index contributed by atoms with van der Waals surface area (Å²) in [6, 6.07) is 0. The standard InChI is InChI=1S/C54H54I9N9O15/c1-10-13-67(7)49(79)31-37(55)34(43(61)46(40(31)58)64-28(76)22-85-25(4)73)52(82)70-16-18-71(53(83)35-38(56)32(50(80)68(8)14-11-2)41(59)47(44(35)62)65-29(77)23-86-26(5)74)20-21-72(19-17-70)54(84)36-39(57)33(51(81)69(9)15-12-3)42(60)48(45(36)63)66-30(78)24-87-27(6)75/h10-12H,1-3,13-24H2,4-9H3,(H,64,76)(H,65,77)(H,66,78). The molecule has 0 unspecified atom stereocenters. The van der Waals surface area contributed by atoms with E-state index in [2.05, 4.69) is 35.7 Å². The van der Waals surface area contributed by atoms with Crippen LogP contribution >= 0.6 is 203 Å². The summed E-state index contributed by atoms with van der Waals surface area (Å²) < 4.78 is 16.7. The zero-order valence-electron chi connectivity index (χ0n) is 47.0. The first-order valence-corrected chi connectivity index (χ1v) is 34.9. The van der Waals surface area contributed by atoms with E-state index in [0.29, 0.717) is 0 Å². The third-order valence-electron chi connectivity index (χ3n) is 12.3. The molecule has 1 saturated heterocycles. The highest BCUT2D eigenvalue weighted by Gasteiger charge is 2.38. The number of hydrogen-bond acceptors (Lipinski definition) is 15. The van der Waals surface area contributed by atoms with Crippen molar-refractivity contribution in [2.45, 2.75) is 20.8 Å². The van der Waals surface area contributed by atoms with Gasteiger partial charge in [0.25, 0.3) is 53.2 Å². The number of ether oxygens (including phenoxy) is 3. The maximum Gasteiger partial charge on any atom is 0.303 e. The molecule has 1 fully saturated rings. The highest BCUT2D eigenvalue weighted by atomic mass is 127. The molecule has 4 rings (SSSR count). The molecule has 0 atom stereocenters. The first-order valence-electron chi connectivity index (χ1n) is 25.2. The maximum absolute atomic E-state index is 15.7.